The highest BCUT2D eigenvalue weighted by atomic mass is 32.2. The lowest BCUT2D eigenvalue weighted by Crippen LogP contribution is -2.47. The average Bonchev–Trinajstić information content (AvgIpc) is 2.88. The minimum Gasteiger partial charge on any atom is -0.383 e. The molecule has 2 aliphatic rings. The molecule has 0 saturated carbocycles. The molecule has 0 atom stereocenters. The monoisotopic (exact) mass is 469 g/mol. The van der Waals surface area contributed by atoms with Crippen LogP contribution in [0.25, 0.3) is 11.1 Å². The van der Waals surface area contributed by atoms with Crippen LogP contribution in [0.3, 0.4) is 0 Å². The summed E-state index contributed by atoms with van der Waals surface area (Å²) in [5.41, 5.74) is 4.59. The van der Waals surface area contributed by atoms with E-state index in [1.807, 2.05) is 12.3 Å². The Morgan fingerprint density at radius 1 is 1.09 bits per heavy atom. The van der Waals surface area contributed by atoms with Crippen molar-refractivity contribution in [3.63, 3.8) is 0 Å². The van der Waals surface area contributed by atoms with Crippen LogP contribution >= 0.6 is 11.9 Å². The van der Waals surface area contributed by atoms with Crippen molar-refractivity contribution in [1.29, 1.82) is 0 Å². The van der Waals surface area contributed by atoms with Gasteiger partial charge < -0.3 is 9.64 Å². The van der Waals surface area contributed by atoms with Crippen molar-refractivity contribution < 1.29 is 14.7 Å². The summed E-state index contributed by atoms with van der Waals surface area (Å²) in [6.07, 6.45) is 4.44. The zero-order valence-corrected chi connectivity index (χ0v) is 19.8. The van der Waals surface area contributed by atoms with Gasteiger partial charge in [0.2, 0.25) is 0 Å². The number of carbonyl (C=O) groups is 1. The molecule has 8 nitrogen and oxygen atoms in total. The number of hydrogen-bond acceptors (Lipinski definition) is 8. The number of aromatic nitrogens is 1. The Morgan fingerprint density at radius 3 is 2.45 bits per heavy atom. The maximum absolute atomic E-state index is 11.5. The first kappa shape index (κ1) is 23.7. The summed E-state index contributed by atoms with van der Waals surface area (Å²) in [4.78, 5) is 22.1. The molecule has 176 valence electrons. The smallest absolute Gasteiger partial charge is 0.270 e. The first-order valence-corrected chi connectivity index (χ1v) is 12.0. The Kier molecular flexibility index (Phi) is 8.35. The van der Waals surface area contributed by atoms with Gasteiger partial charge in [-0.3, -0.25) is 14.9 Å². The van der Waals surface area contributed by atoms with Crippen LogP contribution < -0.4 is 10.4 Å². The van der Waals surface area contributed by atoms with E-state index in [9.17, 15) is 4.79 Å². The zero-order chi connectivity index (χ0) is 23.0. The Bertz CT molecular complexity index is 944. The summed E-state index contributed by atoms with van der Waals surface area (Å²) in [6, 6.07) is 12.7. The van der Waals surface area contributed by atoms with Crippen LogP contribution in [-0.2, 0) is 9.53 Å². The molecule has 9 heteroatoms. The van der Waals surface area contributed by atoms with E-state index in [2.05, 4.69) is 50.5 Å². The van der Waals surface area contributed by atoms with Gasteiger partial charge in [-0.1, -0.05) is 18.2 Å². The summed E-state index contributed by atoms with van der Waals surface area (Å²) >= 11 is 1.68. The van der Waals surface area contributed by atoms with Crippen molar-refractivity contribution in [2.75, 3.05) is 64.4 Å². The van der Waals surface area contributed by atoms with Gasteiger partial charge in [0.15, 0.2) is 0 Å². The molecule has 2 aliphatic heterocycles. The molecular formula is C24H31N5O3S. The van der Waals surface area contributed by atoms with Gasteiger partial charge >= 0.3 is 0 Å². The highest BCUT2D eigenvalue weighted by Crippen LogP contribution is 2.29. The third-order valence-electron chi connectivity index (χ3n) is 6.04. The van der Waals surface area contributed by atoms with E-state index in [0.29, 0.717) is 18.5 Å². The number of nitrogens with zero attached hydrogens (tertiary/aromatic N) is 4. The Balaban J connectivity index is 1.30. The number of anilines is 1. The molecule has 1 fully saturated rings. The van der Waals surface area contributed by atoms with Crippen LogP contribution in [0.4, 0.5) is 5.82 Å². The molecule has 0 radical (unpaired) electrons. The number of methoxy groups -OCH3 is 1. The third kappa shape index (κ3) is 6.33. The Hall–Kier alpha value is -2.43. The second kappa shape index (κ2) is 11.6. The van der Waals surface area contributed by atoms with Gasteiger partial charge in [0.1, 0.15) is 5.82 Å². The Labute approximate surface area is 199 Å². The van der Waals surface area contributed by atoms with Crippen LogP contribution in [0.2, 0.25) is 0 Å². The zero-order valence-electron chi connectivity index (χ0n) is 18.9. The molecule has 33 heavy (non-hydrogen) atoms. The third-order valence-corrected chi connectivity index (χ3v) is 7.12. The van der Waals surface area contributed by atoms with E-state index >= 15 is 0 Å². The Morgan fingerprint density at radius 2 is 1.85 bits per heavy atom. The molecule has 0 spiro atoms. The van der Waals surface area contributed by atoms with E-state index in [0.717, 1.165) is 67.7 Å². The number of carbonyl (C=O) groups excluding carboxylic acids is 1. The van der Waals surface area contributed by atoms with Crippen molar-refractivity contribution in [3.05, 3.63) is 54.2 Å². The van der Waals surface area contributed by atoms with Gasteiger partial charge in [-0.2, -0.15) is 0 Å². The molecule has 1 amide bonds. The van der Waals surface area contributed by atoms with Gasteiger partial charge in [0.05, 0.1) is 6.61 Å². The summed E-state index contributed by atoms with van der Waals surface area (Å²) in [7, 11) is 1.75. The largest absolute Gasteiger partial charge is 0.383 e. The molecule has 2 aromatic rings. The van der Waals surface area contributed by atoms with Gasteiger partial charge in [-0.25, -0.2) is 14.8 Å². The fourth-order valence-electron chi connectivity index (χ4n) is 4.03. The van der Waals surface area contributed by atoms with Crippen LogP contribution in [0, 0.1) is 0 Å². The standard InChI is InChI=1S/C24H31N5O3S/c1-32-17-16-27-12-14-28(15-13-27)23-7-4-21(18-25-23)19-2-5-22(6-3-19)33-29-10-8-20(9-11-29)24(30)26-31/h2-8,18,31H,9-17H2,1H3,(H,26,30). The molecule has 0 aliphatic carbocycles. The van der Waals surface area contributed by atoms with Gasteiger partial charge in [0, 0.05) is 75.2 Å². The van der Waals surface area contributed by atoms with Crippen LogP contribution in [0.5, 0.6) is 0 Å². The first-order valence-electron chi connectivity index (χ1n) is 11.3. The molecule has 1 saturated heterocycles. The number of hydroxylamine groups is 1. The molecule has 1 aromatic heterocycles. The topological polar surface area (TPSA) is 81.2 Å². The molecule has 2 N–H and O–H groups in total. The minimum atomic E-state index is -0.409. The van der Waals surface area contributed by atoms with Gasteiger partial charge in [0.25, 0.3) is 5.91 Å². The number of hydrogen-bond donors (Lipinski definition) is 2. The van der Waals surface area contributed by atoms with E-state index in [4.69, 9.17) is 14.9 Å². The number of piperazine rings is 1. The molecule has 4 rings (SSSR count). The second-order valence-corrected chi connectivity index (χ2v) is 9.32. The highest BCUT2D eigenvalue weighted by molar-refractivity contribution is 7.97. The fourth-order valence-corrected chi connectivity index (χ4v) is 4.92. The summed E-state index contributed by atoms with van der Waals surface area (Å²) in [5.74, 6) is 0.623. The normalized spacial score (nSPS) is 17.6. The molecular weight excluding hydrogens is 438 g/mol. The van der Waals surface area contributed by atoms with E-state index in [1.54, 1.807) is 24.5 Å². The van der Waals surface area contributed by atoms with Crippen molar-refractivity contribution in [1.82, 2.24) is 19.7 Å². The van der Waals surface area contributed by atoms with Crippen LogP contribution in [-0.4, -0.2) is 84.8 Å². The maximum atomic E-state index is 11.5. The average molecular weight is 470 g/mol. The minimum absolute atomic E-state index is 0.409. The number of benzene rings is 1. The number of nitrogens with one attached hydrogen (secondary N) is 1. The van der Waals surface area contributed by atoms with Gasteiger partial charge in [-0.05, 0) is 48.2 Å². The number of pyridine rings is 1. The fraction of sp³-hybridized carbons (Fsp3) is 0.417. The van der Waals surface area contributed by atoms with Crippen LogP contribution in [0.15, 0.2) is 59.1 Å². The number of rotatable bonds is 8. The first-order chi connectivity index (χ1) is 16.2. The predicted molar refractivity (Wildman–Crippen MR) is 130 cm³/mol. The van der Waals surface area contributed by atoms with Crippen molar-refractivity contribution in [2.45, 2.75) is 11.3 Å². The summed E-state index contributed by atoms with van der Waals surface area (Å²) < 4.78 is 7.38. The second-order valence-electron chi connectivity index (χ2n) is 8.15. The van der Waals surface area contributed by atoms with Crippen molar-refractivity contribution >= 4 is 23.7 Å². The lowest BCUT2D eigenvalue weighted by Gasteiger charge is -2.35. The number of ether oxygens (including phenoxy) is 1. The number of amides is 1. The quantitative estimate of drug-likeness (QED) is 0.347. The van der Waals surface area contributed by atoms with Gasteiger partial charge in [-0.15, -0.1) is 0 Å². The van der Waals surface area contributed by atoms with E-state index in [1.165, 1.54) is 0 Å². The molecule has 1 aromatic carbocycles. The highest BCUT2D eigenvalue weighted by Gasteiger charge is 2.18. The summed E-state index contributed by atoms with van der Waals surface area (Å²) in [6.45, 7) is 7.24. The molecule has 3 heterocycles. The maximum Gasteiger partial charge on any atom is 0.270 e. The van der Waals surface area contributed by atoms with Crippen LogP contribution in [0.1, 0.15) is 6.42 Å². The van der Waals surface area contributed by atoms with E-state index < -0.39 is 5.91 Å². The predicted octanol–water partition coefficient (Wildman–Crippen LogP) is 2.66. The SMILES string of the molecule is COCCN1CCN(c2ccc(-c3ccc(SN4CC=C(C(=O)NO)CC4)cc3)cn2)CC1. The summed E-state index contributed by atoms with van der Waals surface area (Å²) in [5, 5.41) is 8.75. The van der Waals surface area contributed by atoms with Crippen molar-refractivity contribution in [2.24, 2.45) is 0 Å². The lowest BCUT2D eigenvalue weighted by molar-refractivity contribution is -0.125. The molecule has 0 unspecified atom stereocenters. The lowest BCUT2D eigenvalue weighted by atomic mass is 10.1. The molecule has 0 bridgehead atoms. The van der Waals surface area contributed by atoms with E-state index in [-0.39, 0.29) is 0 Å². The van der Waals surface area contributed by atoms with Crippen molar-refractivity contribution in [3.8, 4) is 11.1 Å².